The van der Waals surface area contributed by atoms with E-state index in [9.17, 15) is 0 Å². The summed E-state index contributed by atoms with van der Waals surface area (Å²) in [5.41, 5.74) is 2.55. The largest absolute Gasteiger partial charge is 0.468 e. The molecule has 2 aromatic rings. The number of hydrogen-bond acceptors (Lipinski definition) is 4. The number of nitrogens with zero attached hydrogens (tertiary/aromatic N) is 1. The maximum atomic E-state index is 8.70. The Hall–Kier alpha value is -1.78. The number of aliphatic hydroxyl groups is 1. The predicted octanol–water partition coefficient (Wildman–Crippen LogP) is 3.12. The zero-order valence-electron chi connectivity index (χ0n) is 9.85. The summed E-state index contributed by atoms with van der Waals surface area (Å²) in [6, 6.07) is 10.9. The predicted molar refractivity (Wildman–Crippen MR) is 71.4 cm³/mol. The Balaban J connectivity index is 2.20. The van der Waals surface area contributed by atoms with Crippen LogP contribution in [0.1, 0.15) is 5.69 Å². The number of halogens is 1. The van der Waals surface area contributed by atoms with E-state index in [1.54, 1.807) is 18.2 Å². The van der Waals surface area contributed by atoms with Gasteiger partial charge in [-0.15, -0.1) is 0 Å². The number of aliphatic hydroxyl groups excluding tert-OH is 1. The number of hydrogen-bond donors (Lipinski definition) is 2. The molecule has 18 heavy (non-hydrogen) atoms. The molecule has 0 aliphatic carbocycles. The van der Waals surface area contributed by atoms with Crippen molar-refractivity contribution >= 4 is 23.0 Å². The summed E-state index contributed by atoms with van der Waals surface area (Å²) in [7, 11) is 0. The Morgan fingerprint density at radius 2 is 2.11 bits per heavy atom. The Bertz CT molecular complexity index is 526. The molecular weight excluding hydrogens is 252 g/mol. The van der Waals surface area contributed by atoms with E-state index < -0.39 is 0 Å². The van der Waals surface area contributed by atoms with Gasteiger partial charge in [-0.25, -0.2) is 4.98 Å². The van der Waals surface area contributed by atoms with Crippen LogP contribution in [-0.4, -0.2) is 16.9 Å². The average molecular weight is 265 g/mol. The van der Waals surface area contributed by atoms with Crippen molar-refractivity contribution in [1.82, 2.24) is 4.98 Å². The Morgan fingerprint density at radius 3 is 2.83 bits per heavy atom. The zero-order chi connectivity index (χ0) is 13.0. The summed E-state index contributed by atoms with van der Waals surface area (Å²) in [4.78, 5) is 4.09. The van der Waals surface area contributed by atoms with E-state index in [0.29, 0.717) is 10.9 Å². The fourth-order valence-electron chi connectivity index (χ4n) is 1.61. The molecule has 0 unspecified atom stereocenters. The van der Waals surface area contributed by atoms with Crippen LogP contribution in [0.2, 0.25) is 5.15 Å². The molecule has 0 spiro atoms. The Morgan fingerprint density at radius 1 is 1.28 bits per heavy atom. The van der Waals surface area contributed by atoms with Gasteiger partial charge in [-0.3, -0.25) is 0 Å². The van der Waals surface area contributed by atoms with Crippen molar-refractivity contribution < 1.29 is 9.84 Å². The highest BCUT2D eigenvalue weighted by Crippen LogP contribution is 2.23. The molecule has 5 heteroatoms. The van der Waals surface area contributed by atoms with Crippen LogP contribution in [0.15, 0.2) is 36.4 Å². The van der Waals surface area contributed by atoms with Crippen LogP contribution in [0.5, 0.6) is 5.75 Å². The van der Waals surface area contributed by atoms with Crippen molar-refractivity contribution in [2.75, 3.05) is 12.1 Å². The van der Waals surface area contributed by atoms with E-state index in [1.807, 2.05) is 25.1 Å². The fraction of sp³-hybridized carbons (Fsp3) is 0.154. The van der Waals surface area contributed by atoms with Crippen molar-refractivity contribution in [1.29, 1.82) is 0 Å². The summed E-state index contributed by atoms with van der Waals surface area (Å²) < 4.78 is 5.01. The van der Waals surface area contributed by atoms with Crippen molar-refractivity contribution in [2.45, 2.75) is 6.92 Å². The smallest absolute Gasteiger partial charge is 0.186 e. The van der Waals surface area contributed by atoms with E-state index in [0.717, 1.165) is 17.1 Å². The van der Waals surface area contributed by atoms with E-state index in [4.69, 9.17) is 21.4 Å². The molecule has 4 nitrogen and oxygen atoms in total. The summed E-state index contributed by atoms with van der Waals surface area (Å²) in [5.74, 6) is 0.597. The first-order valence-corrected chi connectivity index (χ1v) is 5.80. The number of anilines is 2. The van der Waals surface area contributed by atoms with Gasteiger partial charge in [-0.05, 0) is 31.2 Å². The zero-order valence-corrected chi connectivity index (χ0v) is 10.6. The number of rotatable bonds is 4. The number of nitrogens with one attached hydrogen (secondary N) is 1. The summed E-state index contributed by atoms with van der Waals surface area (Å²) in [5, 5.41) is 12.3. The molecule has 0 atom stereocenters. The Labute approximate surface area is 110 Å². The first kappa shape index (κ1) is 12.7. The molecular formula is C13H13ClN2O2. The third-order valence-corrected chi connectivity index (χ3v) is 2.47. The van der Waals surface area contributed by atoms with Crippen molar-refractivity contribution in [3.63, 3.8) is 0 Å². The van der Waals surface area contributed by atoms with Gasteiger partial charge < -0.3 is 15.2 Å². The second-order valence-corrected chi connectivity index (χ2v) is 4.13. The van der Waals surface area contributed by atoms with Gasteiger partial charge in [-0.2, -0.15) is 0 Å². The van der Waals surface area contributed by atoms with Crippen LogP contribution in [0, 0.1) is 6.92 Å². The lowest BCUT2D eigenvalue weighted by Crippen LogP contribution is -1.96. The molecule has 94 valence electrons. The maximum Gasteiger partial charge on any atom is 0.186 e. The van der Waals surface area contributed by atoms with Crippen molar-refractivity contribution in [2.24, 2.45) is 0 Å². The molecule has 1 heterocycles. The molecule has 0 aliphatic heterocycles. The molecule has 1 aromatic carbocycles. The molecule has 0 bridgehead atoms. The van der Waals surface area contributed by atoms with Gasteiger partial charge in [0.25, 0.3) is 0 Å². The van der Waals surface area contributed by atoms with Gasteiger partial charge in [0, 0.05) is 23.1 Å². The van der Waals surface area contributed by atoms with Crippen LogP contribution in [-0.2, 0) is 0 Å². The SMILES string of the molecule is Cc1cc(Nc2cccc(OCO)c2)cc(Cl)n1. The molecule has 2 rings (SSSR count). The number of aryl methyl sites for hydroxylation is 1. The molecule has 0 amide bonds. The molecule has 0 aliphatic rings. The van der Waals surface area contributed by atoms with E-state index in [-0.39, 0.29) is 6.79 Å². The molecule has 0 saturated carbocycles. The normalized spacial score (nSPS) is 10.2. The highest BCUT2D eigenvalue weighted by atomic mass is 35.5. The maximum absolute atomic E-state index is 8.70. The minimum Gasteiger partial charge on any atom is -0.468 e. The highest BCUT2D eigenvalue weighted by Gasteiger charge is 2.00. The van der Waals surface area contributed by atoms with Crippen LogP contribution in [0.3, 0.4) is 0 Å². The van der Waals surface area contributed by atoms with E-state index in [2.05, 4.69) is 10.3 Å². The van der Waals surface area contributed by atoms with Crippen LogP contribution < -0.4 is 10.1 Å². The highest BCUT2D eigenvalue weighted by molar-refractivity contribution is 6.29. The first-order chi connectivity index (χ1) is 8.67. The monoisotopic (exact) mass is 264 g/mol. The summed E-state index contributed by atoms with van der Waals surface area (Å²) in [6.07, 6.45) is 0. The molecule has 1 aromatic heterocycles. The lowest BCUT2D eigenvalue weighted by atomic mass is 10.2. The third-order valence-electron chi connectivity index (χ3n) is 2.28. The van der Waals surface area contributed by atoms with E-state index in [1.165, 1.54) is 0 Å². The summed E-state index contributed by atoms with van der Waals surface area (Å²) in [6.45, 7) is 1.53. The number of benzene rings is 1. The first-order valence-electron chi connectivity index (χ1n) is 5.42. The lowest BCUT2D eigenvalue weighted by Gasteiger charge is -2.09. The van der Waals surface area contributed by atoms with Gasteiger partial charge in [0.05, 0.1) is 0 Å². The number of ether oxygens (including phenoxy) is 1. The van der Waals surface area contributed by atoms with Gasteiger partial charge in [0.15, 0.2) is 6.79 Å². The minimum absolute atomic E-state index is 0.344. The Kier molecular flexibility index (Phi) is 4.02. The van der Waals surface area contributed by atoms with Gasteiger partial charge in [-0.1, -0.05) is 17.7 Å². The second kappa shape index (κ2) is 5.71. The van der Waals surface area contributed by atoms with Crippen LogP contribution in [0.25, 0.3) is 0 Å². The lowest BCUT2D eigenvalue weighted by molar-refractivity contribution is 0.0986. The molecule has 2 N–H and O–H groups in total. The molecule has 0 fully saturated rings. The van der Waals surface area contributed by atoms with E-state index >= 15 is 0 Å². The van der Waals surface area contributed by atoms with Gasteiger partial charge in [0.1, 0.15) is 10.9 Å². The van der Waals surface area contributed by atoms with Gasteiger partial charge in [0.2, 0.25) is 0 Å². The average Bonchev–Trinajstić information content (AvgIpc) is 2.28. The standard InChI is InChI=1S/C13H13ClN2O2/c1-9-5-11(7-13(14)15-9)16-10-3-2-4-12(6-10)18-8-17/h2-7,17H,8H2,1H3,(H,15,16). The third kappa shape index (κ3) is 3.35. The van der Waals surface area contributed by atoms with Crippen LogP contribution >= 0.6 is 11.6 Å². The topological polar surface area (TPSA) is 54.4 Å². The number of pyridine rings is 1. The van der Waals surface area contributed by atoms with Crippen molar-refractivity contribution in [3.8, 4) is 5.75 Å². The molecule has 0 radical (unpaired) electrons. The quantitative estimate of drug-likeness (QED) is 0.658. The van der Waals surface area contributed by atoms with Gasteiger partial charge >= 0.3 is 0 Å². The minimum atomic E-state index is -0.344. The van der Waals surface area contributed by atoms with Crippen LogP contribution in [0.4, 0.5) is 11.4 Å². The summed E-state index contributed by atoms with van der Waals surface area (Å²) >= 11 is 5.89. The molecule has 0 saturated heterocycles. The fourth-order valence-corrected chi connectivity index (χ4v) is 1.86. The number of aromatic nitrogens is 1. The second-order valence-electron chi connectivity index (χ2n) is 3.75. The van der Waals surface area contributed by atoms with Crippen molar-refractivity contribution in [3.05, 3.63) is 47.2 Å².